The number of carbonyl (C=O) groups excluding carboxylic acids is 1. The Labute approximate surface area is 105 Å². The van der Waals surface area contributed by atoms with Crippen LogP contribution in [0.5, 0.6) is 0 Å². The summed E-state index contributed by atoms with van der Waals surface area (Å²) in [5.74, 6) is 1.18. The van der Waals surface area contributed by atoms with Crippen molar-refractivity contribution in [2.75, 3.05) is 6.54 Å². The molecular formula is C14H26N2O. The third-order valence-corrected chi connectivity index (χ3v) is 4.42. The van der Waals surface area contributed by atoms with Gasteiger partial charge in [0.15, 0.2) is 0 Å². The fourth-order valence-electron chi connectivity index (χ4n) is 3.40. The molecular weight excluding hydrogens is 212 g/mol. The van der Waals surface area contributed by atoms with Gasteiger partial charge in [0, 0.05) is 24.5 Å². The van der Waals surface area contributed by atoms with E-state index in [-0.39, 0.29) is 12.0 Å². The summed E-state index contributed by atoms with van der Waals surface area (Å²) in [4.78, 5) is 14.7. The largest absolute Gasteiger partial charge is 0.339 e. The molecule has 1 aliphatic carbocycles. The zero-order valence-electron chi connectivity index (χ0n) is 11.2. The molecule has 17 heavy (non-hydrogen) atoms. The van der Waals surface area contributed by atoms with Gasteiger partial charge in [-0.2, -0.15) is 0 Å². The molecule has 98 valence electrons. The summed E-state index contributed by atoms with van der Waals surface area (Å²) in [5, 5.41) is 0. The molecule has 2 N–H and O–H groups in total. The molecule has 0 radical (unpaired) electrons. The van der Waals surface area contributed by atoms with E-state index in [4.69, 9.17) is 5.73 Å². The zero-order valence-corrected chi connectivity index (χ0v) is 11.2. The molecule has 1 saturated heterocycles. The van der Waals surface area contributed by atoms with Crippen LogP contribution in [-0.2, 0) is 4.79 Å². The first-order valence-corrected chi connectivity index (χ1v) is 7.15. The lowest BCUT2D eigenvalue weighted by molar-refractivity contribution is -0.140. The predicted molar refractivity (Wildman–Crippen MR) is 69.5 cm³/mol. The van der Waals surface area contributed by atoms with Gasteiger partial charge in [-0.1, -0.05) is 13.8 Å². The first kappa shape index (κ1) is 12.9. The molecule has 3 heteroatoms. The lowest BCUT2D eigenvalue weighted by Gasteiger charge is -2.39. The minimum absolute atomic E-state index is 0.212. The summed E-state index contributed by atoms with van der Waals surface area (Å²) in [6, 6.07) is 0.722. The van der Waals surface area contributed by atoms with E-state index in [0.717, 1.165) is 25.8 Å². The van der Waals surface area contributed by atoms with E-state index in [1.165, 1.54) is 19.3 Å². The molecule has 3 nitrogen and oxygen atoms in total. The maximum absolute atomic E-state index is 12.5. The van der Waals surface area contributed by atoms with Crippen molar-refractivity contribution in [2.45, 2.75) is 64.5 Å². The summed E-state index contributed by atoms with van der Waals surface area (Å²) in [6.07, 6.45) is 6.56. The van der Waals surface area contributed by atoms with Crippen LogP contribution in [0.1, 0.15) is 52.4 Å². The van der Waals surface area contributed by atoms with Crippen LogP contribution in [0, 0.1) is 11.8 Å². The smallest absolute Gasteiger partial charge is 0.225 e. The van der Waals surface area contributed by atoms with Crippen LogP contribution in [0.15, 0.2) is 0 Å². The van der Waals surface area contributed by atoms with Gasteiger partial charge < -0.3 is 10.6 Å². The monoisotopic (exact) mass is 238 g/mol. The van der Waals surface area contributed by atoms with Crippen LogP contribution < -0.4 is 5.73 Å². The average Bonchev–Trinajstić information content (AvgIpc) is 2.75. The van der Waals surface area contributed by atoms with Crippen molar-refractivity contribution < 1.29 is 4.79 Å². The lowest BCUT2D eigenvalue weighted by atomic mass is 9.91. The predicted octanol–water partition coefficient (Wildman–Crippen LogP) is 2.15. The molecule has 1 amide bonds. The number of rotatable bonds is 2. The van der Waals surface area contributed by atoms with Gasteiger partial charge in [-0.3, -0.25) is 4.79 Å². The Morgan fingerprint density at radius 2 is 2.00 bits per heavy atom. The minimum Gasteiger partial charge on any atom is -0.339 e. The number of hydrogen-bond donors (Lipinski definition) is 1. The number of amides is 1. The van der Waals surface area contributed by atoms with E-state index in [1.807, 2.05) is 0 Å². The molecule has 3 atom stereocenters. The van der Waals surface area contributed by atoms with Crippen LogP contribution in [-0.4, -0.2) is 29.4 Å². The van der Waals surface area contributed by atoms with E-state index in [0.29, 0.717) is 17.9 Å². The van der Waals surface area contributed by atoms with Gasteiger partial charge in [-0.25, -0.2) is 0 Å². The van der Waals surface area contributed by atoms with Crippen molar-refractivity contribution in [2.24, 2.45) is 17.6 Å². The van der Waals surface area contributed by atoms with Gasteiger partial charge in [0.25, 0.3) is 0 Å². The second-order valence-corrected chi connectivity index (χ2v) is 6.11. The van der Waals surface area contributed by atoms with Crippen molar-refractivity contribution in [3.8, 4) is 0 Å². The van der Waals surface area contributed by atoms with Crippen molar-refractivity contribution >= 4 is 5.91 Å². The summed E-state index contributed by atoms with van der Waals surface area (Å²) in [7, 11) is 0. The molecule has 0 bridgehead atoms. The van der Waals surface area contributed by atoms with Gasteiger partial charge in [-0.05, 0) is 44.4 Å². The van der Waals surface area contributed by atoms with Crippen LogP contribution >= 0.6 is 0 Å². The molecule has 0 unspecified atom stereocenters. The second-order valence-electron chi connectivity index (χ2n) is 6.11. The third kappa shape index (κ3) is 2.82. The quantitative estimate of drug-likeness (QED) is 0.801. The van der Waals surface area contributed by atoms with E-state index in [2.05, 4.69) is 18.7 Å². The maximum Gasteiger partial charge on any atom is 0.225 e. The standard InChI is InChI=1S/C14H26N2O/c1-10(2)13-5-3-4-8-16(13)14(17)11-6-7-12(15)9-11/h10-13H,3-9,15H2,1-2H3/t11-,12+,13-/m0/s1. The Kier molecular flexibility index (Phi) is 4.08. The number of hydrogen-bond acceptors (Lipinski definition) is 2. The fraction of sp³-hybridized carbons (Fsp3) is 0.929. The summed E-state index contributed by atoms with van der Waals surface area (Å²) in [6.45, 7) is 5.43. The van der Waals surface area contributed by atoms with Gasteiger partial charge in [0.05, 0.1) is 0 Å². The first-order valence-electron chi connectivity index (χ1n) is 7.15. The molecule has 2 aliphatic rings. The highest BCUT2D eigenvalue weighted by molar-refractivity contribution is 5.79. The third-order valence-electron chi connectivity index (χ3n) is 4.42. The Hall–Kier alpha value is -0.570. The van der Waals surface area contributed by atoms with Crippen molar-refractivity contribution in [1.82, 2.24) is 4.90 Å². The van der Waals surface area contributed by atoms with Gasteiger partial charge >= 0.3 is 0 Å². The molecule has 0 aromatic heterocycles. The van der Waals surface area contributed by atoms with E-state index >= 15 is 0 Å². The number of nitrogens with zero attached hydrogens (tertiary/aromatic N) is 1. The number of piperidine rings is 1. The zero-order chi connectivity index (χ0) is 12.4. The Morgan fingerprint density at radius 3 is 2.59 bits per heavy atom. The molecule has 1 heterocycles. The molecule has 2 rings (SSSR count). The van der Waals surface area contributed by atoms with E-state index in [9.17, 15) is 4.79 Å². The summed E-state index contributed by atoms with van der Waals surface area (Å²) in [5.41, 5.74) is 5.92. The van der Waals surface area contributed by atoms with Gasteiger partial charge in [0.1, 0.15) is 0 Å². The molecule has 0 aromatic rings. The van der Waals surface area contributed by atoms with Crippen molar-refractivity contribution in [3.05, 3.63) is 0 Å². The first-order chi connectivity index (χ1) is 8.09. The fourth-order valence-corrected chi connectivity index (χ4v) is 3.40. The highest BCUT2D eigenvalue weighted by Crippen LogP contribution is 2.30. The number of carbonyl (C=O) groups is 1. The van der Waals surface area contributed by atoms with Crippen LogP contribution in [0.4, 0.5) is 0 Å². The Morgan fingerprint density at radius 1 is 1.24 bits per heavy atom. The molecule has 2 fully saturated rings. The average molecular weight is 238 g/mol. The van der Waals surface area contributed by atoms with E-state index in [1.54, 1.807) is 0 Å². The maximum atomic E-state index is 12.5. The SMILES string of the molecule is CC(C)[C@@H]1CCCCN1C(=O)[C@H]1CC[C@@H](N)C1. The Balaban J connectivity index is 2.01. The van der Waals surface area contributed by atoms with Crippen LogP contribution in [0.3, 0.4) is 0 Å². The van der Waals surface area contributed by atoms with Crippen LogP contribution in [0.2, 0.25) is 0 Å². The summed E-state index contributed by atoms with van der Waals surface area (Å²) < 4.78 is 0. The highest BCUT2D eigenvalue weighted by atomic mass is 16.2. The van der Waals surface area contributed by atoms with E-state index < -0.39 is 0 Å². The molecule has 1 saturated carbocycles. The molecule has 0 aromatic carbocycles. The van der Waals surface area contributed by atoms with Gasteiger partial charge in [-0.15, -0.1) is 0 Å². The van der Waals surface area contributed by atoms with Crippen molar-refractivity contribution in [3.63, 3.8) is 0 Å². The molecule has 0 spiro atoms. The number of likely N-dealkylation sites (tertiary alicyclic amines) is 1. The second kappa shape index (κ2) is 5.38. The van der Waals surface area contributed by atoms with Gasteiger partial charge in [0.2, 0.25) is 5.91 Å². The Bertz CT molecular complexity index is 277. The van der Waals surface area contributed by atoms with Crippen LogP contribution in [0.25, 0.3) is 0 Å². The summed E-state index contributed by atoms with van der Waals surface area (Å²) >= 11 is 0. The number of nitrogens with two attached hydrogens (primary N) is 1. The highest BCUT2D eigenvalue weighted by Gasteiger charge is 2.35. The molecule has 1 aliphatic heterocycles. The van der Waals surface area contributed by atoms with Crippen molar-refractivity contribution in [1.29, 1.82) is 0 Å². The lowest BCUT2D eigenvalue weighted by Crippen LogP contribution is -2.48. The normalized spacial score (nSPS) is 34.4. The topological polar surface area (TPSA) is 46.3 Å². The minimum atomic E-state index is 0.212.